The lowest BCUT2D eigenvalue weighted by Gasteiger charge is -2.21. The van der Waals surface area contributed by atoms with Crippen molar-refractivity contribution in [3.05, 3.63) is 29.2 Å². The molecule has 0 aliphatic carbocycles. The lowest BCUT2D eigenvalue weighted by atomic mass is 10.1. The van der Waals surface area contributed by atoms with Crippen LogP contribution in [0.15, 0.2) is 18.2 Å². The first-order valence-electron chi connectivity index (χ1n) is 6.28. The monoisotopic (exact) mass is 299 g/mol. The van der Waals surface area contributed by atoms with Crippen molar-refractivity contribution in [2.45, 2.75) is 30.9 Å². The predicted molar refractivity (Wildman–Crippen MR) is 73.1 cm³/mol. The van der Waals surface area contributed by atoms with Crippen LogP contribution in [0, 0.1) is 0 Å². The minimum Gasteiger partial charge on any atom is -0.269 e. The molecule has 3 rings (SSSR count). The number of halogens is 1. The number of nitrogens with zero attached hydrogens (tertiary/aromatic N) is 3. The molecular formula is C12H14ClN3O2S. The Balaban J connectivity index is 1.97. The number of aromatic nitrogens is 3. The Kier molecular flexibility index (Phi) is 3.22. The number of hydrogen-bond acceptors (Lipinski definition) is 4. The summed E-state index contributed by atoms with van der Waals surface area (Å²) in [4.78, 5) is 0. The van der Waals surface area contributed by atoms with Crippen molar-refractivity contribution in [3.63, 3.8) is 0 Å². The summed E-state index contributed by atoms with van der Waals surface area (Å²) in [6.07, 6.45) is 2.80. The lowest BCUT2D eigenvalue weighted by Crippen LogP contribution is -2.30. The molecule has 102 valence electrons. The number of fused-ring (bicyclic) bond motifs is 1. The normalized spacial score (nSPS) is 22.7. The molecule has 0 spiro atoms. The first-order chi connectivity index (χ1) is 9.08. The van der Waals surface area contributed by atoms with Crippen LogP contribution in [0.5, 0.6) is 0 Å². The van der Waals surface area contributed by atoms with Gasteiger partial charge in [0.05, 0.1) is 11.0 Å². The molecule has 1 atom stereocenters. The zero-order chi connectivity index (χ0) is 13.5. The Morgan fingerprint density at radius 1 is 1.32 bits per heavy atom. The van der Waals surface area contributed by atoms with Crippen molar-refractivity contribution >= 4 is 27.1 Å². The molecule has 19 heavy (non-hydrogen) atoms. The molecule has 0 amide bonds. The first-order valence-corrected chi connectivity index (χ1v) is 8.37. The van der Waals surface area contributed by atoms with Crippen LogP contribution in [-0.4, -0.2) is 34.0 Å². The summed E-state index contributed by atoms with van der Waals surface area (Å²) in [7, 11) is -3.01. The van der Waals surface area contributed by atoms with Crippen LogP contribution >= 0.6 is 11.6 Å². The molecule has 2 aromatic heterocycles. The summed E-state index contributed by atoms with van der Waals surface area (Å²) in [5, 5.41) is 8.26. The van der Waals surface area contributed by atoms with E-state index in [0.29, 0.717) is 29.5 Å². The molecule has 0 saturated carbocycles. The lowest BCUT2D eigenvalue weighted by molar-refractivity contribution is 0.533. The molecule has 0 aromatic carbocycles. The maximum absolute atomic E-state index is 12.0. The third-order valence-electron chi connectivity index (χ3n) is 3.57. The molecule has 1 unspecified atom stereocenters. The molecule has 3 heterocycles. The first kappa shape index (κ1) is 12.9. The van der Waals surface area contributed by atoms with E-state index in [-0.39, 0.29) is 11.0 Å². The van der Waals surface area contributed by atoms with Gasteiger partial charge in [-0.15, -0.1) is 10.2 Å². The number of pyridine rings is 1. The van der Waals surface area contributed by atoms with Crippen LogP contribution < -0.4 is 0 Å². The van der Waals surface area contributed by atoms with Crippen LogP contribution in [0.25, 0.3) is 5.65 Å². The van der Waals surface area contributed by atoms with Gasteiger partial charge < -0.3 is 0 Å². The second kappa shape index (κ2) is 4.76. The van der Waals surface area contributed by atoms with Gasteiger partial charge in [0.1, 0.15) is 11.0 Å². The van der Waals surface area contributed by atoms with Gasteiger partial charge in [0, 0.05) is 6.42 Å². The Labute approximate surface area is 116 Å². The maximum Gasteiger partial charge on any atom is 0.161 e. The van der Waals surface area contributed by atoms with Crippen LogP contribution in [-0.2, 0) is 16.3 Å². The van der Waals surface area contributed by atoms with E-state index in [1.165, 1.54) is 0 Å². The van der Waals surface area contributed by atoms with Crippen LogP contribution in [0.1, 0.15) is 25.1 Å². The van der Waals surface area contributed by atoms with Crippen molar-refractivity contribution in [1.82, 2.24) is 14.6 Å². The molecule has 1 aliphatic rings. The van der Waals surface area contributed by atoms with E-state index in [9.17, 15) is 8.42 Å². The van der Waals surface area contributed by atoms with Gasteiger partial charge >= 0.3 is 0 Å². The van der Waals surface area contributed by atoms with Crippen molar-refractivity contribution in [3.8, 4) is 0 Å². The zero-order valence-corrected chi connectivity index (χ0v) is 11.9. The fraction of sp³-hybridized carbons (Fsp3) is 0.500. The Hall–Kier alpha value is -1.14. The van der Waals surface area contributed by atoms with Crippen molar-refractivity contribution in [2.24, 2.45) is 0 Å². The average molecular weight is 300 g/mol. The third-order valence-corrected chi connectivity index (χ3v) is 6.14. The molecule has 0 N–H and O–H groups in total. The Morgan fingerprint density at radius 3 is 2.95 bits per heavy atom. The fourth-order valence-corrected chi connectivity index (χ4v) is 4.67. The zero-order valence-electron chi connectivity index (χ0n) is 10.3. The highest BCUT2D eigenvalue weighted by molar-refractivity contribution is 7.92. The summed E-state index contributed by atoms with van der Waals surface area (Å²) in [6, 6.07) is 5.35. The molecule has 1 saturated heterocycles. The number of sulfone groups is 1. The smallest absolute Gasteiger partial charge is 0.161 e. The second-order valence-corrected chi connectivity index (χ2v) is 7.64. The quantitative estimate of drug-likeness (QED) is 0.794. The maximum atomic E-state index is 12.0. The van der Waals surface area contributed by atoms with Gasteiger partial charge in [-0.25, -0.2) is 8.42 Å². The standard InChI is InChI=1S/C12H14ClN3O2S/c13-10-5-3-6-11-14-15-12(16(10)11)8-9-4-1-2-7-19(9,17)18/h3,5-6,9H,1-2,4,7-8H2. The fourth-order valence-electron chi connectivity index (χ4n) is 2.55. The summed E-state index contributed by atoms with van der Waals surface area (Å²) >= 11 is 6.13. The van der Waals surface area contributed by atoms with E-state index < -0.39 is 9.84 Å². The molecule has 0 radical (unpaired) electrons. The summed E-state index contributed by atoms with van der Waals surface area (Å²) in [5.41, 5.74) is 0.649. The largest absolute Gasteiger partial charge is 0.269 e. The summed E-state index contributed by atoms with van der Waals surface area (Å²) < 4.78 is 25.8. The van der Waals surface area contributed by atoms with Crippen LogP contribution in [0.2, 0.25) is 5.15 Å². The van der Waals surface area contributed by atoms with Gasteiger partial charge in [-0.2, -0.15) is 0 Å². The number of rotatable bonds is 2. The minimum atomic E-state index is -3.01. The highest BCUT2D eigenvalue weighted by Crippen LogP contribution is 2.23. The highest BCUT2D eigenvalue weighted by atomic mass is 35.5. The van der Waals surface area contributed by atoms with E-state index in [1.54, 1.807) is 22.6 Å². The summed E-state index contributed by atoms with van der Waals surface area (Å²) in [6.45, 7) is 0. The highest BCUT2D eigenvalue weighted by Gasteiger charge is 2.30. The van der Waals surface area contributed by atoms with E-state index >= 15 is 0 Å². The molecule has 7 heteroatoms. The van der Waals surface area contributed by atoms with Crippen molar-refractivity contribution in [1.29, 1.82) is 0 Å². The van der Waals surface area contributed by atoms with E-state index in [2.05, 4.69) is 10.2 Å². The van der Waals surface area contributed by atoms with Gasteiger partial charge in [-0.3, -0.25) is 4.40 Å². The van der Waals surface area contributed by atoms with Crippen LogP contribution in [0.3, 0.4) is 0 Å². The molecule has 1 aliphatic heterocycles. The van der Waals surface area contributed by atoms with Gasteiger partial charge in [0.25, 0.3) is 0 Å². The Morgan fingerprint density at radius 2 is 2.16 bits per heavy atom. The minimum absolute atomic E-state index is 0.280. The van der Waals surface area contributed by atoms with Gasteiger partial charge in [-0.1, -0.05) is 24.1 Å². The second-order valence-electron chi connectivity index (χ2n) is 4.85. The van der Waals surface area contributed by atoms with E-state index in [1.807, 2.05) is 0 Å². The molecule has 0 bridgehead atoms. The molecule has 1 fully saturated rings. The topological polar surface area (TPSA) is 64.3 Å². The predicted octanol–water partition coefficient (Wildman–Crippen LogP) is 1.89. The molecular weight excluding hydrogens is 286 g/mol. The van der Waals surface area contributed by atoms with Crippen molar-refractivity contribution in [2.75, 3.05) is 5.75 Å². The summed E-state index contributed by atoms with van der Waals surface area (Å²) in [5.74, 6) is 0.901. The van der Waals surface area contributed by atoms with Gasteiger partial charge in [0.2, 0.25) is 0 Å². The SMILES string of the molecule is O=S1(=O)CCCCC1Cc1nnc2cccc(Cl)n12. The van der Waals surface area contributed by atoms with Gasteiger partial charge in [-0.05, 0) is 25.0 Å². The third kappa shape index (κ3) is 2.34. The Bertz CT molecular complexity index is 711. The van der Waals surface area contributed by atoms with Gasteiger partial charge in [0.15, 0.2) is 15.5 Å². The van der Waals surface area contributed by atoms with E-state index in [0.717, 1.165) is 12.8 Å². The molecule has 2 aromatic rings. The average Bonchev–Trinajstić information content (AvgIpc) is 2.77. The van der Waals surface area contributed by atoms with Crippen molar-refractivity contribution < 1.29 is 8.42 Å². The van der Waals surface area contributed by atoms with Crippen LogP contribution in [0.4, 0.5) is 0 Å². The number of hydrogen-bond donors (Lipinski definition) is 0. The molecule has 5 nitrogen and oxygen atoms in total. The van der Waals surface area contributed by atoms with E-state index in [4.69, 9.17) is 11.6 Å².